The zero-order valence-corrected chi connectivity index (χ0v) is 49.4. The molecule has 0 aliphatic heterocycles. The van der Waals surface area contributed by atoms with E-state index in [1.165, 1.54) is 251 Å². The third-order valence-corrected chi connectivity index (χ3v) is 21.7. The van der Waals surface area contributed by atoms with Crippen LogP contribution in [0.1, 0.15) is 247 Å². The number of esters is 1. The van der Waals surface area contributed by atoms with Gasteiger partial charge in [0, 0.05) is 34.6 Å². The third kappa shape index (κ3) is 17.8. The molecule has 1 unspecified atom stereocenters. The van der Waals surface area contributed by atoms with Gasteiger partial charge in [-0.15, -0.1) is 68.0 Å². The molecule has 0 saturated heterocycles. The molecule has 6 rings (SSSR count). The lowest BCUT2D eigenvalue weighted by Gasteiger charge is -2.11. The molecule has 0 bridgehead atoms. The molecule has 0 aromatic carbocycles. The second kappa shape index (κ2) is 32.3. The van der Waals surface area contributed by atoms with Crippen LogP contribution in [-0.4, -0.2) is 12.6 Å². The summed E-state index contributed by atoms with van der Waals surface area (Å²) in [4.78, 5) is 26.0. The standard InChI is InChI=1S/C62H90O2S6/c1-7-12-17-22-23-24-25-26-27-28-33-46(6)43-64-62(63)56-42-51-59(54-40-49(36-31-20-15-10-4)57(67-54)52-38-47(44-65-52)34-29-18-13-8-2)70-61(60(51)69-56)55-41-50(37-32-21-16-11-5)58(68-55)53-39-48(45-66-53)35-30-19-14-9-3/h38-42,44-46H,7-37,43H2,1-6H3. The van der Waals surface area contributed by atoms with Crippen molar-refractivity contribution in [3.8, 4) is 39.0 Å². The smallest absolute Gasteiger partial charge is 0.348 e. The largest absolute Gasteiger partial charge is 0.461 e. The Kier molecular flexibility index (Phi) is 26.4. The maximum atomic E-state index is 14.1. The van der Waals surface area contributed by atoms with Crippen molar-refractivity contribution in [1.29, 1.82) is 0 Å². The van der Waals surface area contributed by atoms with Crippen LogP contribution in [0.3, 0.4) is 0 Å². The van der Waals surface area contributed by atoms with Crippen molar-refractivity contribution in [2.45, 2.75) is 241 Å². The normalized spacial score (nSPS) is 12.3. The molecule has 386 valence electrons. The number of fused-ring (bicyclic) bond motifs is 1. The Labute approximate surface area is 450 Å². The molecule has 0 spiro atoms. The molecule has 6 aromatic heterocycles. The van der Waals surface area contributed by atoms with Gasteiger partial charge in [-0.05, 0) is 127 Å². The van der Waals surface area contributed by atoms with Gasteiger partial charge in [0.15, 0.2) is 0 Å². The lowest BCUT2D eigenvalue weighted by atomic mass is 10.0. The first-order valence-electron chi connectivity index (χ1n) is 28.5. The van der Waals surface area contributed by atoms with E-state index < -0.39 is 0 Å². The van der Waals surface area contributed by atoms with Gasteiger partial charge in [-0.3, -0.25) is 0 Å². The van der Waals surface area contributed by atoms with Crippen molar-refractivity contribution in [3.63, 3.8) is 0 Å². The molecule has 6 heterocycles. The van der Waals surface area contributed by atoms with E-state index >= 15 is 0 Å². The minimum absolute atomic E-state index is 0.153. The van der Waals surface area contributed by atoms with Crippen molar-refractivity contribution in [2.75, 3.05) is 6.61 Å². The van der Waals surface area contributed by atoms with Gasteiger partial charge < -0.3 is 4.74 Å². The molecule has 70 heavy (non-hydrogen) atoms. The Morgan fingerprint density at radius 3 is 1.36 bits per heavy atom. The summed E-state index contributed by atoms with van der Waals surface area (Å²) in [6, 6.07) is 12.3. The van der Waals surface area contributed by atoms with Crippen LogP contribution in [0.5, 0.6) is 0 Å². The highest BCUT2D eigenvalue weighted by atomic mass is 32.1. The summed E-state index contributed by atoms with van der Waals surface area (Å²) in [5, 5.41) is 6.08. The summed E-state index contributed by atoms with van der Waals surface area (Å²) in [5.74, 6) is 0.216. The summed E-state index contributed by atoms with van der Waals surface area (Å²) >= 11 is 11.5. The fourth-order valence-corrected chi connectivity index (χ4v) is 17.3. The number of ether oxygens (including phenoxy) is 1. The lowest BCUT2D eigenvalue weighted by Crippen LogP contribution is -2.11. The van der Waals surface area contributed by atoms with Gasteiger partial charge in [0.2, 0.25) is 0 Å². The Bertz CT molecular complexity index is 2220. The molecular formula is C62H90O2S6. The van der Waals surface area contributed by atoms with Crippen molar-refractivity contribution < 1.29 is 9.53 Å². The van der Waals surface area contributed by atoms with Crippen molar-refractivity contribution in [2.24, 2.45) is 5.92 Å². The van der Waals surface area contributed by atoms with Crippen LogP contribution in [0.25, 0.3) is 49.1 Å². The van der Waals surface area contributed by atoms with Crippen LogP contribution in [0.4, 0.5) is 0 Å². The Morgan fingerprint density at radius 2 is 0.871 bits per heavy atom. The second-order valence-corrected chi connectivity index (χ2v) is 26.6. The van der Waals surface area contributed by atoms with E-state index in [9.17, 15) is 4.79 Å². The van der Waals surface area contributed by atoms with E-state index in [4.69, 9.17) is 4.74 Å². The van der Waals surface area contributed by atoms with E-state index in [-0.39, 0.29) is 5.97 Å². The molecule has 0 aliphatic carbocycles. The molecule has 0 amide bonds. The summed E-state index contributed by atoms with van der Waals surface area (Å²) < 4.78 is 7.44. The van der Waals surface area contributed by atoms with Crippen LogP contribution in [0.15, 0.2) is 41.1 Å². The fourth-order valence-electron chi connectivity index (χ4n) is 9.85. The minimum Gasteiger partial charge on any atom is -0.461 e. The maximum absolute atomic E-state index is 14.1. The first kappa shape index (κ1) is 57.2. The molecule has 1 atom stereocenters. The highest BCUT2D eigenvalue weighted by Crippen LogP contribution is 2.54. The fraction of sp³-hybridized carbons (Fsp3) is 0.629. The molecular weight excluding hydrogens is 969 g/mol. The van der Waals surface area contributed by atoms with Crippen LogP contribution in [0, 0.1) is 5.92 Å². The monoisotopic (exact) mass is 1060 g/mol. The van der Waals surface area contributed by atoms with Gasteiger partial charge in [-0.1, -0.05) is 183 Å². The Balaban J connectivity index is 1.30. The summed E-state index contributed by atoms with van der Waals surface area (Å²) in [6.45, 7) is 14.3. The molecule has 0 aliphatic rings. The molecule has 0 N–H and O–H groups in total. The predicted molar refractivity (Wildman–Crippen MR) is 320 cm³/mol. The van der Waals surface area contributed by atoms with Crippen molar-refractivity contribution >= 4 is 84.1 Å². The first-order chi connectivity index (χ1) is 34.4. The van der Waals surface area contributed by atoms with Crippen molar-refractivity contribution in [3.05, 3.63) is 68.2 Å². The predicted octanol–water partition coefficient (Wildman–Crippen LogP) is 23.5. The van der Waals surface area contributed by atoms with Gasteiger partial charge in [-0.25, -0.2) is 4.79 Å². The highest BCUT2D eigenvalue weighted by molar-refractivity contribution is 7.34. The quantitative estimate of drug-likeness (QED) is 0.0285. The van der Waals surface area contributed by atoms with Gasteiger partial charge in [0.1, 0.15) is 4.88 Å². The lowest BCUT2D eigenvalue weighted by molar-refractivity contribution is 0.0448. The number of hydrogen-bond donors (Lipinski definition) is 0. The minimum atomic E-state index is -0.153. The van der Waals surface area contributed by atoms with E-state index in [0.29, 0.717) is 12.5 Å². The molecule has 8 heteroatoms. The Morgan fingerprint density at radius 1 is 0.443 bits per heavy atom. The molecule has 2 nitrogen and oxygen atoms in total. The number of unbranched alkanes of at least 4 members (excludes halogenated alkanes) is 21. The average molecular weight is 1060 g/mol. The zero-order valence-electron chi connectivity index (χ0n) is 44.5. The highest BCUT2D eigenvalue weighted by Gasteiger charge is 2.26. The van der Waals surface area contributed by atoms with E-state index in [0.717, 1.165) is 24.1 Å². The summed E-state index contributed by atoms with van der Waals surface area (Å²) in [7, 11) is 0. The van der Waals surface area contributed by atoms with Crippen LogP contribution >= 0.6 is 68.0 Å². The summed E-state index contributed by atoms with van der Waals surface area (Å²) in [5.41, 5.74) is 6.00. The van der Waals surface area contributed by atoms with Crippen LogP contribution in [0.2, 0.25) is 0 Å². The zero-order chi connectivity index (χ0) is 49.3. The van der Waals surface area contributed by atoms with E-state index in [2.05, 4.69) is 82.6 Å². The van der Waals surface area contributed by atoms with Gasteiger partial charge >= 0.3 is 5.97 Å². The number of carbonyl (C=O) groups excluding carboxylic acids is 1. The number of rotatable bonds is 38. The van der Waals surface area contributed by atoms with Crippen molar-refractivity contribution in [1.82, 2.24) is 0 Å². The SMILES string of the molecule is CCCCCCCCCCCCC(C)COC(=O)c1cc2c(-c3cc(CCCCCC)c(-c4cc(CCCCCC)cs4)s3)sc(-c3cc(CCCCCC)c(-c4cc(CCCCCC)cs4)s3)c2s1. The van der Waals surface area contributed by atoms with E-state index in [1.807, 2.05) is 56.7 Å². The second-order valence-electron chi connectivity index (χ2n) is 20.6. The molecule has 6 aromatic rings. The molecule has 0 radical (unpaired) electrons. The first-order valence-corrected chi connectivity index (χ1v) is 33.5. The van der Waals surface area contributed by atoms with Gasteiger partial charge in [0.25, 0.3) is 0 Å². The van der Waals surface area contributed by atoms with E-state index in [1.54, 1.807) is 11.3 Å². The van der Waals surface area contributed by atoms with Gasteiger partial charge in [-0.2, -0.15) is 0 Å². The molecule has 0 saturated carbocycles. The number of thiophene rings is 6. The molecule has 0 fully saturated rings. The number of carbonyl (C=O) groups is 1. The van der Waals surface area contributed by atoms with Gasteiger partial charge in [0.05, 0.1) is 21.1 Å². The van der Waals surface area contributed by atoms with Crippen LogP contribution in [-0.2, 0) is 30.4 Å². The number of hydrogen-bond acceptors (Lipinski definition) is 8. The Hall–Kier alpha value is -2.07. The van der Waals surface area contributed by atoms with Crippen LogP contribution < -0.4 is 0 Å². The maximum Gasteiger partial charge on any atom is 0.348 e. The summed E-state index contributed by atoms with van der Waals surface area (Å²) in [6.07, 6.45) is 39.7. The number of aryl methyl sites for hydroxylation is 4. The average Bonchev–Trinajstić information content (AvgIpc) is 4.24. The topological polar surface area (TPSA) is 26.3 Å². The third-order valence-electron chi connectivity index (χ3n) is 14.2.